The molecular formula is C18H14F5NO2. The summed E-state index contributed by atoms with van der Waals surface area (Å²) >= 11 is 0. The molecule has 138 valence electrons. The summed E-state index contributed by atoms with van der Waals surface area (Å²) in [7, 11) is 0. The molecule has 1 aliphatic carbocycles. The van der Waals surface area contributed by atoms with E-state index >= 15 is 0 Å². The van der Waals surface area contributed by atoms with Crippen molar-refractivity contribution in [1.82, 2.24) is 0 Å². The summed E-state index contributed by atoms with van der Waals surface area (Å²) in [5.74, 6) is -0.744. The van der Waals surface area contributed by atoms with Crippen molar-refractivity contribution in [1.29, 1.82) is 0 Å². The summed E-state index contributed by atoms with van der Waals surface area (Å²) in [4.78, 5) is 12.2. The van der Waals surface area contributed by atoms with Crippen molar-refractivity contribution >= 4 is 11.6 Å². The van der Waals surface area contributed by atoms with Crippen molar-refractivity contribution in [2.75, 3.05) is 5.32 Å². The molecule has 0 aromatic heterocycles. The minimum Gasteiger partial charge on any atom is -0.435 e. The topological polar surface area (TPSA) is 38.3 Å². The SMILES string of the molecule is O=C(Nc1ccc(OC(F)F)cc1)C1CC1c1ccc(C(F)(F)F)cc1. The Kier molecular flexibility index (Phi) is 4.84. The molecule has 2 atom stereocenters. The van der Waals surface area contributed by atoms with Crippen LogP contribution in [0.3, 0.4) is 0 Å². The molecule has 1 aliphatic rings. The predicted octanol–water partition coefficient (Wildman–Crippen LogP) is 5.05. The third kappa shape index (κ3) is 4.30. The van der Waals surface area contributed by atoms with Crippen LogP contribution >= 0.6 is 0 Å². The Hall–Kier alpha value is -2.64. The van der Waals surface area contributed by atoms with E-state index in [9.17, 15) is 26.7 Å². The Bertz CT molecular complexity index is 772. The van der Waals surface area contributed by atoms with Crippen molar-refractivity contribution in [3.8, 4) is 5.75 Å². The molecule has 1 N–H and O–H groups in total. The number of rotatable bonds is 5. The standard InChI is InChI=1S/C18H14F5NO2/c19-17(20)26-13-7-5-12(6-8-13)24-16(25)15-9-14(15)10-1-3-11(4-2-10)18(21,22)23/h1-8,14-15,17H,9H2,(H,24,25). The maximum atomic E-state index is 12.6. The van der Waals surface area contributed by atoms with E-state index in [-0.39, 0.29) is 23.5 Å². The summed E-state index contributed by atoms with van der Waals surface area (Å²) in [6.45, 7) is -2.92. The molecule has 0 heterocycles. The van der Waals surface area contributed by atoms with Gasteiger partial charge in [-0.1, -0.05) is 12.1 Å². The van der Waals surface area contributed by atoms with E-state index in [0.717, 1.165) is 12.1 Å². The number of amides is 1. The highest BCUT2D eigenvalue weighted by atomic mass is 19.4. The lowest BCUT2D eigenvalue weighted by molar-refractivity contribution is -0.137. The lowest BCUT2D eigenvalue weighted by atomic mass is 10.1. The third-order valence-corrected chi connectivity index (χ3v) is 4.14. The maximum Gasteiger partial charge on any atom is 0.416 e. The molecule has 0 aliphatic heterocycles. The summed E-state index contributed by atoms with van der Waals surface area (Å²) in [6.07, 6.45) is -3.84. The predicted molar refractivity (Wildman–Crippen MR) is 84.0 cm³/mol. The van der Waals surface area contributed by atoms with Crippen LogP contribution in [-0.4, -0.2) is 12.5 Å². The Balaban J connectivity index is 1.57. The molecule has 0 spiro atoms. The number of carbonyl (C=O) groups excluding carboxylic acids is 1. The van der Waals surface area contributed by atoms with Gasteiger partial charge in [-0.15, -0.1) is 0 Å². The largest absolute Gasteiger partial charge is 0.435 e. The smallest absolute Gasteiger partial charge is 0.416 e. The minimum absolute atomic E-state index is 0.0212. The first kappa shape index (κ1) is 18.2. The van der Waals surface area contributed by atoms with E-state index in [1.165, 1.54) is 36.4 Å². The minimum atomic E-state index is -4.39. The first-order valence-corrected chi connectivity index (χ1v) is 7.77. The van der Waals surface area contributed by atoms with Crippen LogP contribution in [0.4, 0.5) is 27.6 Å². The summed E-state index contributed by atoms with van der Waals surface area (Å²) < 4.78 is 66.1. The average molecular weight is 371 g/mol. The van der Waals surface area contributed by atoms with E-state index in [0.29, 0.717) is 17.7 Å². The second-order valence-corrected chi connectivity index (χ2v) is 5.96. The van der Waals surface area contributed by atoms with Crippen LogP contribution < -0.4 is 10.1 Å². The van der Waals surface area contributed by atoms with Crippen LogP contribution in [0.25, 0.3) is 0 Å². The van der Waals surface area contributed by atoms with Crippen molar-refractivity contribution in [3.05, 3.63) is 59.7 Å². The second kappa shape index (κ2) is 6.93. The van der Waals surface area contributed by atoms with E-state index in [4.69, 9.17) is 0 Å². The number of alkyl halides is 5. The van der Waals surface area contributed by atoms with Gasteiger partial charge in [-0.05, 0) is 54.3 Å². The zero-order valence-corrected chi connectivity index (χ0v) is 13.3. The maximum absolute atomic E-state index is 12.6. The average Bonchev–Trinajstić information content (AvgIpc) is 3.36. The lowest BCUT2D eigenvalue weighted by Gasteiger charge is -2.08. The molecule has 8 heteroatoms. The van der Waals surface area contributed by atoms with Gasteiger partial charge in [0.1, 0.15) is 5.75 Å². The monoisotopic (exact) mass is 371 g/mol. The van der Waals surface area contributed by atoms with E-state index < -0.39 is 18.4 Å². The van der Waals surface area contributed by atoms with Gasteiger partial charge in [0.25, 0.3) is 0 Å². The number of hydrogen-bond donors (Lipinski definition) is 1. The van der Waals surface area contributed by atoms with Gasteiger partial charge in [0.2, 0.25) is 5.91 Å². The first-order chi connectivity index (χ1) is 12.2. The number of nitrogens with one attached hydrogen (secondary N) is 1. The quantitative estimate of drug-likeness (QED) is 0.747. The van der Waals surface area contributed by atoms with Crippen LogP contribution in [-0.2, 0) is 11.0 Å². The fraction of sp³-hybridized carbons (Fsp3) is 0.278. The number of benzene rings is 2. The van der Waals surface area contributed by atoms with E-state index in [2.05, 4.69) is 10.1 Å². The first-order valence-electron chi connectivity index (χ1n) is 7.77. The fourth-order valence-corrected chi connectivity index (χ4v) is 2.73. The van der Waals surface area contributed by atoms with Crippen LogP contribution in [0, 0.1) is 5.92 Å². The molecule has 1 saturated carbocycles. The molecule has 2 aromatic carbocycles. The Morgan fingerprint density at radius 2 is 1.65 bits per heavy atom. The van der Waals surface area contributed by atoms with Gasteiger partial charge < -0.3 is 10.1 Å². The second-order valence-electron chi connectivity index (χ2n) is 5.96. The highest BCUT2D eigenvalue weighted by molar-refractivity contribution is 5.95. The third-order valence-electron chi connectivity index (χ3n) is 4.14. The zero-order chi connectivity index (χ0) is 18.9. The van der Waals surface area contributed by atoms with Crippen molar-refractivity contribution in [3.63, 3.8) is 0 Å². The molecular weight excluding hydrogens is 357 g/mol. The Labute approximate surface area is 145 Å². The van der Waals surface area contributed by atoms with Crippen LogP contribution in [0.1, 0.15) is 23.5 Å². The van der Waals surface area contributed by atoms with Crippen molar-refractivity contribution < 1.29 is 31.5 Å². The fourth-order valence-electron chi connectivity index (χ4n) is 2.73. The molecule has 3 nitrogen and oxygen atoms in total. The van der Waals surface area contributed by atoms with Gasteiger partial charge in [0.05, 0.1) is 5.56 Å². The Morgan fingerprint density at radius 3 is 2.19 bits per heavy atom. The molecule has 26 heavy (non-hydrogen) atoms. The van der Waals surface area contributed by atoms with Crippen LogP contribution in [0.2, 0.25) is 0 Å². The molecule has 3 rings (SSSR count). The highest BCUT2D eigenvalue weighted by Gasteiger charge is 2.44. The normalized spacial score (nSPS) is 19.3. The number of halogens is 5. The van der Waals surface area contributed by atoms with E-state index in [1.807, 2.05) is 0 Å². The van der Waals surface area contributed by atoms with Crippen LogP contribution in [0.15, 0.2) is 48.5 Å². The molecule has 0 saturated heterocycles. The zero-order valence-electron chi connectivity index (χ0n) is 13.3. The van der Waals surface area contributed by atoms with Gasteiger partial charge >= 0.3 is 12.8 Å². The van der Waals surface area contributed by atoms with Gasteiger partial charge in [0.15, 0.2) is 0 Å². The summed E-state index contributed by atoms with van der Waals surface area (Å²) in [6, 6.07) is 10.3. The molecule has 1 fully saturated rings. The molecule has 2 unspecified atom stereocenters. The molecule has 0 bridgehead atoms. The number of carbonyl (C=O) groups is 1. The van der Waals surface area contributed by atoms with Crippen molar-refractivity contribution in [2.45, 2.75) is 25.1 Å². The van der Waals surface area contributed by atoms with Gasteiger partial charge in [-0.25, -0.2) is 0 Å². The van der Waals surface area contributed by atoms with E-state index in [1.54, 1.807) is 0 Å². The molecule has 1 amide bonds. The van der Waals surface area contributed by atoms with Crippen molar-refractivity contribution in [2.24, 2.45) is 5.92 Å². The molecule has 2 aromatic rings. The van der Waals surface area contributed by atoms with Crippen LogP contribution in [0.5, 0.6) is 5.75 Å². The highest BCUT2D eigenvalue weighted by Crippen LogP contribution is 2.48. The van der Waals surface area contributed by atoms with Gasteiger partial charge in [-0.2, -0.15) is 22.0 Å². The molecule has 0 radical (unpaired) electrons. The van der Waals surface area contributed by atoms with Gasteiger partial charge in [-0.3, -0.25) is 4.79 Å². The number of hydrogen-bond acceptors (Lipinski definition) is 2. The summed E-state index contributed by atoms with van der Waals surface area (Å²) in [5, 5.41) is 2.66. The van der Waals surface area contributed by atoms with Gasteiger partial charge in [0, 0.05) is 11.6 Å². The lowest BCUT2D eigenvalue weighted by Crippen LogP contribution is -2.14. The number of anilines is 1. The number of ether oxygens (including phenoxy) is 1. The summed E-state index contributed by atoms with van der Waals surface area (Å²) in [5.41, 5.74) is 0.377. The Morgan fingerprint density at radius 1 is 1.04 bits per heavy atom.